The molecule has 3 rings (SSSR count). The lowest BCUT2D eigenvalue weighted by Gasteiger charge is -2.45. The highest BCUT2D eigenvalue weighted by molar-refractivity contribution is 5.96. The van der Waals surface area contributed by atoms with Crippen molar-refractivity contribution >= 4 is 5.91 Å². The first kappa shape index (κ1) is 16.2. The number of rotatable bonds is 3. The van der Waals surface area contributed by atoms with Crippen molar-refractivity contribution in [3.63, 3.8) is 0 Å². The molecule has 1 N–H and O–H groups in total. The van der Waals surface area contributed by atoms with E-state index in [1.165, 1.54) is 0 Å². The maximum Gasteiger partial charge on any atom is 0.259 e. The minimum absolute atomic E-state index is 0.0206. The number of hydrogen-bond acceptors (Lipinski definition) is 4. The molecule has 0 bridgehead atoms. The van der Waals surface area contributed by atoms with Crippen LogP contribution in [0.4, 0.5) is 0 Å². The van der Waals surface area contributed by atoms with E-state index in [0.29, 0.717) is 23.5 Å². The van der Waals surface area contributed by atoms with E-state index in [1.807, 2.05) is 11.8 Å². The summed E-state index contributed by atoms with van der Waals surface area (Å²) < 4.78 is 5.48. The van der Waals surface area contributed by atoms with Crippen LogP contribution in [0.3, 0.4) is 0 Å². The van der Waals surface area contributed by atoms with Gasteiger partial charge in [0.1, 0.15) is 5.56 Å². The second kappa shape index (κ2) is 6.87. The van der Waals surface area contributed by atoms with Crippen LogP contribution < -0.4 is 4.74 Å². The normalized spacial score (nSPS) is 21.4. The van der Waals surface area contributed by atoms with Gasteiger partial charge in [-0.3, -0.25) is 4.79 Å². The topological polar surface area (TPSA) is 62.7 Å². The molecule has 1 spiro atoms. The molecule has 0 unspecified atom stereocenters. The molecule has 0 atom stereocenters. The van der Waals surface area contributed by atoms with Crippen LogP contribution in [0, 0.1) is 5.41 Å². The molecule has 2 fully saturated rings. The Labute approximate surface area is 137 Å². The fraction of sp³-hybridized carbons (Fsp3) is 0.667. The second-order valence-electron chi connectivity index (χ2n) is 6.81. The van der Waals surface area contributed by atoms with Gasteiger partial charge in [0.2, 0.25) is 5.88 Å². The van der Waals surface area contributed by atoms with Crippen LogP contribution in [0.25, 0.3) is 0 Å². The molecule has 2 aliphatic rings. The van der Waals surface area contributed by atoms with Gasteiger partial charge in [0.15, 0.2) is 0 Å². The Hall–Kier alpha value is -1.62. The Morgan fingerprint density at radius 2 is 2.04 bits per heavy atom. The number of aliphatic hydroxyl groups is 1. The predicted octanol–water partition coefficient (Wildman–Crippen LogP) is 2.64. The molecule has 0 radical (unpaired) electrons. The van der Waals surface area contributed by atoms with Gasteiger partial charge in [-0.25, -0.2) is 4.98 Å². The molecule has 1 saturated carbocycles. The average Bonchev–Trinajstić information content (AvgIpc) is 2.59. The van der Waals surface area contributed by atoms with E-state index in [0.717, 1.165) is 51.6 Å². The van der Waals surface area contributed by atoms with E-state index in [2.05, 4.69) is 4.98 Å². The van der Waals surface area contributed by atoms with E-state index >= 15 is 0 Å². The van der Waals surface area contributed by atoms with E-state index in [4.69, 9.17) is 4.74 Å². The molecule has 1 aromatic rings. The highest BCUT2D eigenvalue weighted by atomic mass is 16.5. The van der Waals surface area contributed by atoms with Crippen molar-refractivity contribution in [1.29, 1.82) is 0 Å². The molecule has 5 nitrogen and oxygen atoms in total. The maximum atomic E-state index is 12.8. The number of nitrogens with zero attached hydrogens (tertiary/aromatic N) is 2. The van der Waals surface area contributed by atoms with Gasteiger partial charge in [0, 0.05) is 19.3 Å². The standard InChI is InChI=1S/C18H26N2O3/c1-2-23-16-15(4-3-11-19-16)17(22)20-12-9-18(10-13-20)7-5-14(21)6-8-18/h3-4,11,14,21H,2,5-10,12-13H2,1H3. The highest BCUT2D eigenvalue weighted by Gasteiger charge is 2.39. The monoisotopic (exact) mass is 318 g/mol. The van der Waals surface area contributed by atoms with Crippen LogP contribution >= 0.6 is 0 Å². The molecule has 1 amide bonds. The third kappa shape index (κ3) is 3.50. The van der Waals surface area contributed by atoms with Crippen LogP contribution in [-0.4, -0.2) is 46.7 Å². The lowest BCUT2D eigenvalue weighted by molar-refractivity contribution is 0.0167. The predicted molar refractivity (Wildman–Crippen MR) is 87.5 cm³/mol. The van der Waals surface area contributed by atoms with Gasteiger partial charge in [0.25, 0.3) is 5.91 Å². The number of aromatic nitrogens is 1. The number of ether oxygens (including phenoxy) is 1. The first-order chi connectivity index (χ1) is 11.1. The van der Waals surface area contributed by atoms with E-state index in [9.17, 15) is 9.90 Å². The molecule has 1 aliphatic heterocycles. The van der Waals surface area contributed by atoms with Crippen LogP contribution in [0.5, 0.6) is 5.88 Å². The number of pyridine rings is 1. The number of aliphatic hydroxyl groups excluding tert-OH is 1. The van der Waals surface area contributed by atoms with Crippen LogP contribution in [0.15, 0.2) is 18.3 Å². The maximum absolute atomic E-state index is 12.8. The van der Waals surface area contributed by atoms with E-state index < -0.39 is 0 Å². The zero-order chi connectivity index (χ0) is 16.3. The van der Waals surface area contributed by atoms with Crippen molar-refractivity contribution < 1.29 is 14.6 Å². The lowest BCUT2D eigenvalue weighted by atomic mass is 9.67. The number of amides is 1. The minimum Gasteiger partial charge on any atom is -0.477 e. The minimum atomic E-state index is -0.121. The number of piperidine rings is 1. The smallest absolute Gasteiger partial charge is 0.259 e. The van der Waals surface area contributed by atoms with Gasteiger partial charge in [-0.15, -0.1) is 0 Å². The summed E-state index contributed by atoms with van der Waals surface area (Å²) in [7, 11) is 0. The molecule has 5 heteroatoms. The van der Waals surface area contributed by atoms with Crippen molar-refractivity contribution in [2.45, 2.75) is 51.6 Å². The first-order valence-corrected chi connectivity index (χ1v) is 8.69. The van der Waals surface area contributed by atoms with Gasteiger partial charge < -0.3 is 14.7 Å². The number of likely N-dealkylation sites (tertiary alicyclic amines) is 1. The van der Waals surface area contributed by atoms with Crippen molar-refractivity contribution in [1.82, 2.24) is 9.88 Å². The summed E-state index contributed by atoms with van der Waals surface area (Å²) in [6, 6.07) is 3.57. The van der Waals surface area contributed by atoms with Crippen molar-refractivity contribution in [2.24, 2.45) is 5.41 Å². The van der Waals surface area contributed by atoms with Crippen molar-refractivity contribution in [2.75, 3.05) is 19.7 Å². The van der Waals surface area contributed by atoms with Gasteiger partial charge in [-0.2, -0.15) is 0 Å². The SMILES string of the molecule is CCOc1ncccc1C(=O)N1CCC2(CCC(O)CC2)CC1. The van der Waals surface area contributed by atoms with Gasteiger partial charge in [-0.05, 0) is 63.0 Å². The van der Waals surface area contributed by atoms with Crippen LogP contribution in [0.1, 0.15) is 55.8 Å². The third-order valence-electron chi connectivity index (χ3n) is 5.41. The Morgan fingerprint density at radius 1 is 1.35 bits per heavy atom. The summed E-state index contributed by atoms with van der Waals surface area (Å²) in [5.74, 6) is 0.452. The highest BCUT2D eigenvalue weighted by Crippen LogP contribution is 2.44. The average molecular weight is 318 g/mol. The number of carbonyl (C=O) groups excluding carboxylic acids is 1. The lowest BCUT2D eigenvalue weighted by Crippen LogP contribution is -2.45. The Bertz CT molecular complexity index is 543. The zero-order valence-electron chi connectivity index (χ0n) is 13.8. The molecule has 1 saturated heterocycles. The fourth-order valence-electron chi connectivity index (χ4n) is 3.87. The number of carbonyl (C=O) groups is 1. The molecule has 0 aromatic carbocycles. The number of hydrogen-bond donors (Lipinski definition) is 1. The summed E-state index contributed by atoms with van der Waals surface area (Å²) in [5.41, 5.74) is 0.901. The molecular formula is C18H26N2O3. The van der Waals surface area contributed by atoms with Crippen molar-refractivity contribution in [3.05, 3.63) is 23.9 Å². The molecule has 126 valence electrons. The molecular weight excluding hydrogens is 292 g/mol. The van der Waals surface area contributed by atoms with Crippen LogP contribution in [0.2, 0.25) is 0 Å². The summed E-state index contributed by atoms with van der Waals surface area (Å²) in [4.78, 5) is 18.9. The second-order valence-corrected chi connectivity index (χ2v) is 6.81. The first-order valence-electron chi connectivity index (χ1n) is 8.69. The third-order valence-corrected chi connectivity index (χ3v) is 5.41. The van der Waals surface area contributed by atoms with Crippen molar-refractivity contribution in [3.8, 4) is 5.88 Å². The molecule has 1 aliphatic carbocycles. The fourth-order valence-corrected chi connectivity index (χ4v) is 3.87. The van der Waals surface area contributed by atoms with E-state index in [-0.39, 0.29) is 12.0 Å². The Kier molecular flexibility index (Phi) is 4.85. The molecule has 1 aromatic heterocycles. The zero-order valence-corrected chi connectivity index (χ0v) is 13.8. The summed E-state index contributed by atoms with van der Waals surface area (Å²) >= 11 is 0. The Balaban J connectivity index is 1.65. The summed E-state index contributed by atoms with van der Waals surface area (Å²) in [5, 5.41) is 9.71. The summed E-state index contributed by atoms with van der Waals surface area (Å²) in [6.07, 6.45) is 7.60. The quantitative estimate of drug-likeness (QED) is 0.930. The molecule has 2 heterocycles. The van der Waals surface area contributed by atoms with Gasteiger partial charge in [-0.1, -0.05) is 0 Å². The van der Waals surface area contributed by atoms with Crippen LogP contribution in [-0.2, 0) is 0 Å². The summed E-state index contributed by atoms with van der Waals surface area (Å²) in [6.45, 7) is 3.97. The van der Waals surface area contributed by atoms with E-state index in [1.54, 1.807) is 18.3 Å². The van der Waals surface area contributed by atoms with Gasteiger partial charge in [0.05, 0.1) is 12.7 Å². The Morgan fingerprint density at radius 3 is 2.70 bits per heavy atom. The molecule has 23 heavy (non-hydrogen) atoms. The largest absolute Gasteiger partial charge is 0.477 e. The van der Waals surface area contributed by atoms with Gasteiger partial charge >= 0.3 is 0 Å².